The molecule has 0 saturated carbocycles. The van der Waals surface area contributed by atoms with Gasteiger partial charge in [-0.15, -0.1) is 12.4 Å². The highest BCUT2D eigenvalue weighted by Crippen LogP contribution is 2.54. The van der Waals surface area contributed by atoms with Crippen molar-refractivity contribution in [2.24, 2.45) is 5.73 Å². The van der Waals surface area contributed by atoms with Gasteiger partial charge in [-0.2, -0.15) is 0 Å². The van der Waals surface area contributed by atoms with E-state index in [1.165, 1.54) is 5.56 Å². The van der Waals surface area contributed by atoms with Gasteiger partial charge in [0.25, 0.3) is 0 Å². The summed E-state index contributed by atoms with van der Waals surface area (Å²) in [6, 6.07) is 2.13. The van der Waals surface area contributed by atoms with Crippen LogP contribution in [0.3, 0.4) is 0 Å². The highest BCUT2D eigenvalue weighted by molar-refractivity contribution is 6.07. The van der Waals surface area contributed by atoms with Crippen molar-refractivity contribution in [2.75, 3.05) is 11.9 Å². The summed E-state index contributed by atoms with van der Waals surface area (Å²) in [7, 11) is 0. The molecule has 0 aliphatic carbocycles. The Morgan fingerprint density at radius 2 is 2.00 bits per heavy atom. The van der Waals surface area contributed by atoms with Crippen molar-refractivity contribution >= 4 is 24.0 Å². The fourth-order valence-electron chi connectivity index (χ4n) is 3.27. The van der Waals surface area contributed by atoms with Gasteiger partial charge in [0.2, 0.25) is 5.91 Å². The van der Waals surface area contributed by atoms with Crippen LogP contribution in [0.4, 0.5) is 5.69 Å². The van der Waals surface area contributed by atoms with E-state index in [-0.39, 0.29) is 24.2 Å². The van der Waals surface area contributed by atoms with Crippen LogP contribution in [0.1, 0.15) is 50.3 Å². The first-order chi connectivity index (χ1) is 9.22. The number of anilines is 1. The van der Waals surface area contributed by atoms with Crippen LogP contribution in [0.2, 0.25) is 0 Å². The summed E-state index contributed by atoms with van der Waals surface area (Å²) in [5.41, 5.74) is 9.10. The first-order valence-corrected chi connectivity index (χ1v) is 7.11. The van der Waals surface area contributed by atoms with Gasteiger partial charge in [0.1, 0.15) is 11.4 Å². The maximum absolute atomic E-state index is 12.2. The predicted molar refractivity (Wildman–Crippen MR) is 86.6 cm³/mol. The van der Waals surface area contributed by atoms with Crippen molar-refractivity contribution < 1.29 is 9.53 Å². The van der Waals surface area contributed by atoms with Gasteiger partial charge in [-0.3, -0.25) is 4.79 Å². The number of nitrogens with one attached hydrogen (secondary N) is 1. The van der Waals surface area contributed by atoms with E-state index in [9.17, 15) is 4.79 Å². The number of rotatable bonds is 1. The fraction of sp³-hybridized carbons (Fsp3) is 0.562. The van der Waals surface area contributed by atoms with E-state index in [1.807, 2.05) is 27.7 Å². The molecular formula is C16H23ClN2O2. The average Bonchev–Trinajstić information content (AvgIpc) is 2.77. The van der Waals surface area contributed by atoms with Crippen LogP contribution in [-0.2, 0) is 10.2 Å². The van der Waals surface area contributed by atoms with E-state index in [2.05, 4.69) is 18.3 Å². The zero-order valence-electron chi connectivity index (χ0n) is 13.2. The lowest BCUT2D eigenvalue weighted by Crippen LogP contribution is -2.41. The van der Waals surface area contributed by atoms with Crippen LogP contribution >= 0.6 is 12.4 Å². The number of ether oxygens (including phenoxy) is 1. The molecule has 0 saturated heterocycles. The number of amides is 1. The standard InChI is InChI=1S/C16H22N2O2.ClH/c1-8-6-10-9(2)16(5,7-17)20-13(10)11-12(8)18-14(19)15(11,3)4;/h6,9H,7,17H2,1-5H3,(H,18,19);1H/t9-,16+;/m1./s1. The van der Waals surface area contributed by atoms with Gasteiger partial charge in [0.15, 0.2) is 0 Å². The van der Waals surface area contributed by atoms with E-state index < -0.39 is 11.0 Å². The van der Waals surface area contributed by atoms with Gasteiger partial charge in [-0.25, -0.2) is 0 Å². The largest absolute Gasteiger partial charge is 0.485 e. The molecule has 2 heterocycles. The predicted octanol–water partition coefficient (Wildman–Crippen LogP) is 2.86. The summed E-state index contributed by atoms with van der Waals surface area (Å²) in [6.07, 6.45) is 0. The lowest BCUT2D eigenvalue weighted by Gasteiger charge is -2.27. The second-order valence-corrected chi connectivity index (χ2v) is 6.78. The lowest BCUT2D eigenvalue weighted by atomic mass is 9.81. The van der Waals surface area contributed by atoms with Crippen molar-refractivity contribution in [3.63, 3.8) is 0 Å². The van der Waals surface area contributed by atoms with Crippen LogP contribution in [0.15, 0.2) is 6.07 Å². The number of fused-ring (bicyclic) bond motifs is 3. The average molecular weight is 311 g/mol. The van der Waals surface area contributed by atoms with Crippen molar-refractivity contribution in [3.8, 4) is 5.75 Å². The third kappa shape index (κ3) is 1.89. The number of hydrogen-bond acceptors (Lipinski definition) is 3. The molecule has 0 radical (unpaired) electrons. The number of aryl methyl sites for hydroxylation is 1. The van der Waals surface area contributed by atoms with E-state index in [0.29, 0.717) is 6.54 Å². The normalized spacial score (nSPS) is 28.3. The Kier molecular flexibility index (Phi) is 3.54. The molecule has 1 aromatic rings. The second kappa shape index (κ2) is 4.62. The van der Waals surface area contributed by atoms with E-state index in [0.717, 1.165) is 22.6 Å². The lowest BCUT2D eigenvalue weighted by molar-refractivity contribution is -0.119. The summed E-state index contributed by atoms with van der Waals surface area (Å²) in [5, 5.41) is 3.00. The molecule has 3 rings (SSSR count). The molecule has 21 heavy (non-hydrogen) atoms. The fourth-order valence-corrected chi connectivity index (χ4v) is 3.27. The highest BCUT2D eigenvalue weighted by Gasteiger charge is 2.49. The van der Waals surface area contributed by atoms with E-state index >= 15 is 0 Å². The molecule has 4 nitrogen and oxygen atoms in total. The van der Waals surface area contributed by atoms with Gasteiger partial charge in [0, 0.05) is 23.6 Å². The molecular weight excluding hydrogens is 288 g/mol. The minimum absolute atomic E-state index is 0. The summed E-state index contributed by atoms with van der Waals surface area (Å²) in [4.78, 5) is 12.2. The Balaban J connectivity index is 0.00000161. The van der Waals surface area contributed by atoms with Crippen molar-refractivity contribution in [2.45, 2.75) is 51.6 Å². The molecule has 2 atom stereocenters. The topological polar surface area (TPSA) is 64.3 Å². The summed E-state index contributed by atoms with van der Waals surface area (Å²) in [6.45, 7) is 10.6. The smallest absolute Gasteiger partial charge is 0.234 e. The first-order valence-electron chi connectivity index (χ1n) is 7.11. The number of carbonyl (C=O) groups excluding carboxylic acids is 1. The number of nitrogens with two attached hydrogens (primary N) is 1. The van der Waals surface area contributed by atoms with Gasteiger partial charge in [0.05, 0.1) is 11.1 Å². The van der Waals surface area contributed by atoms with Gasteiger partial charge < -0.3 is 15.8 Å². The molecule has 2 aliphatic heterocycles. The number of halogens is 1. The monoisotopic (exact) mass is 310 g/mol. The van der Waals surface area contributed by atoms with Gasteiger partial charge in [-0.05, 0) is 39.3 Å². The molecule has 5 heteroatoms. The molecule has 1 amide bonds. The summed E-state index contributed by atoms with van der Waals surface area (Å²) >= 11 is 0. The zero-order chi connectivity index (χ0) is 14.9. The minimum Gasteiger partial charge on any atom is -0.485 e. The quantitative estimate of drug-likeness (QED) is 0.838. The maximum atomic E-state index is 12.2. The molecule has 0 fully saturated rings. The molecule has 0 aromatic heterocycles. The minimum atomic E-state index is -0.564. The molecule has 0 bridgehead atoms. The van der Waals surface area contributed by atoms with Crippen molar-refractivity contribution in [1.29, 1.82) is 0 Å². The Morgan fingerprint density at radius 3 is 2.57 bits per heavy atom. The molecule has 0 spiro atoms. The Labute approximate surface area is 131 Å². The van der Waals surface area contributed by atoms with Crippen molar-refractivity contribution in [3.05, 3.63) is 22.8 Å². The van der Waals surface area contributed by atoms with Gasteiger partial charge in [-0.1, -0.05) is 6.92 Å². The molecule has 0 unspecified atom stereocenters. The maximum Gasteiger partial charge on any atom is 0.234 e. The Hall–Kier alpha value is -1.26. The van der Waals surface area contributed by atoms with Crippen LogP contribution in [0, 0.1) is 6.92 Å². The van der Waals surface area contributed by atoms with Crippen LogP contribution < -0.4 is 15.8 Å². The summed E-state index contributed by atoms with van der Waals surface area (Å²) in [5.74, 6) is 1.11. The van der Waals surface area contributed by atoms with Crippen LogP contribution in [0.25, 0.3) is 0 Å². The van der Waals surface area contributed by atoms with E-state index in [4.69, 9.17) is 10.5 Å². The highest BCUT2D eigenvalue weighted by atomic mass is 35.5. The van der Waals surface area contributed by atoms with Crippen LogP contribution in [-0.4, -0.2) is 18.1 Å². The molecule has 116 valence electrons. The second-order valence-electron chi connectivity index (χ2n) is 6.78. The third-order valence-electron chi connectivity index (χ3n) is 5.06. The zero-order valence-corrected chi connectivity index (χ0v) is 14.0. The van der Waals surface area contributed by atoms with E-state index in [1.54, 1.807) is 0 Å². The molecule has 1 aromatic carbocycles. The Morgan fingerprint density at radius 1 is 1.38 bits per heavy atom. The summed E-state index contributed by atoms with van der Waals surface area (Å²) < 4.78 is 6.22. The Bertz CT molecular complexity index is 627. The number of hydrogen-bond donors (Lipinski definition) is 2. The van der Waals surface area contributed by atoms with Crippen molar-refractivity contribution in [1.82, 2.24) is 0 Å². The SMILES string of the molecule is Cc1cc2c(c3c1NC(=O)C3(C)C)O[C@@](C)(CN)[C@@H]2C.Cl. The number of benzene rings is 1. The van der Waals surface area contributed by atoms with Gasteiger partial charge >= 0.3 is 0 Å². The third-order valence-corrected chi connectivity index (χ3v) is 5.06. The molecule has 2 aliphatic rings. The first kappa shape index (κ1) is 16.1. The number of carbonyl (C=O) groups is 1. The van der Waals surface area contributed by atoms with Crippen LogP contribution in [0.5, 0.6) is 5.75 Å². The molecule has 3 N–H and O–H groups in total.